The van der Waals surface area contributed by atoms with Crippen LogP contribution < -0.4 is 9.64 Å². The van der Waals surface area contributed by atoms with E-state index in [1.54, 1.807) is 34.5 Å². The van der Waals surface area contributed by atoms with Gasteiger partial charge in [0.25, 0.3) is 5.91 Å². The van der Waals surface area contributed by atoms with Crippen molar-refractivity contribution in [3.8, 4) is 5.75 Å². The molecule has 148 valence electrons. The second-order valence-corrected chi connectivity index (χ2v) is 6.74. The Hall–Kier alpha value is -3.61. The van der Waals surface area contributed by atoms with Crippen LogP contribution in [0.3, 0.4) is 0 Å². The number of rotatable bonds is 7. The highest BCUT2D eigenvalue weighted by molar-refractivity contribution is 5.98. The molecule has 7 heteroatoms. The molecule has 0 saturated heterocycles. The molecule has 2 aromatic heterocycles. The third kappa shape index (κ3) is 4.45. The van der Waals surface area contributed by atoms with Gasteiger partial charge in [-0.2, -0.15) is 0 Å². The van der Waals surface area contributed by atoms with Crippen LogP contribution in [-0.4, -0.2) is 34.8 Å². The molecule has 0 saturated carbocycles. The van der Waals surface area contributed by atoms with Crippen LogP contribution in [0.2, 0.25) is 0 Å². The fraction of sp³-hybridized carbons (Fsp3) is 0.227. The van der Waals surface area contributed by atoms with E-state index in [4.69, 9.17) is 9.15 Å². The van der Waals surface area contributed by atoms with E-state index in [2.05, 4.69) is 4.98 Å². The Labute approximate surface area is 168 Å². The number of carbonyl (C=O) groups excluding carboxylic acids is 2. The van der Waals surface area contributed by atoms with Crippen molar-refractivity contribution in [3.63, 3.8) is 0 Å². The minimum atomic E-state index is -0.152. The number of hydrogen-bond acceptors (Lipinski definition) is 5. The smallest absolute Gasteiger partial charge is 0.265 e. The number of pyridine rings is 1. The Morgan fingerprint density at radius 1 is 1.10 bits per heavy atom. The third-order valence-electron chi connectivity index (χ3n) is 4.73. The maximum Gasteiger partial charge on any atom is 0.265 e. The van der Waals surface area contributed by atoms with Gasteiger partial charge in [0.15, 0.2) is 6.61 Å². The van der Waals surface area contributed by atoms with Crippen molar-refractivity contribution in [3.05, 3.63) is 78.5 Å². The van der Waals surface area contributed by atoms with E-state index in [0.29, 0.717) is 36.8 Å². The van der Waals surface area contributed by atoms with Crippen molar-refractivity contribution < 1.29 is 18.7 Å². The number of benzene rings is 1. The molecule has 0 bridgehead atoms. The molecule has 0 fully saturated rings. The average molecular weight is 391 g/mol. The van der Waals surface area contributed by atoms with Crippen molar-refractivity contribution in [2.45, 2.75) is 19.5 Å². The molecule has 29 heavy (non-hydrogen) atoms. The standard InChI is InChI=1S/C22H21N3O4/c26-21(9-11-25-19-7-1-2-8-20(19)29-16-22(25)27)24(15-18-6-4-12-28-18)14-17-5-3-10-23-13-17/h1-8,10,12-13H,9,11,14-16H2. The van der Waals surface area contributed by atoms with Gasteiger partial charge in [-0.05, 0) is 35.9 Å². The molecule has 1 aliphatic heterocycles. The number of hydrogen-bond donors (Lipinski definition) is 0. The normalized spacial score (nSPS) is 13.0. The van der Waals surface area contributed by atoms with Crippen LogP contribution in [0.5, 0.6) is 5.75 Å². The summed E-state index contributed by atoms with van der Waals surface area (Å²) in [5.41, 5.74) is 1.63. The van der Waals surface area contributed by atoms with Crippen molar-refractivity contribution in [2.75, 3.05) is 18.1 Å². The molecule has 0 atom stereocenters. The van der Waals surface area contributed by atoms with E-state index < -0.39 is 0 Å². The van der Waals surface area contributed by atoms with Gasteiger partial charge in [0, 0.05) is 31.9 Å². The molecule has 0 aliphatic carbocycles. The summed E-state index contributed by atoms with van der Waals surface area (Å²) in [6.45, 7) is 1.05. The van der Waals surface area contributed by atoms with E-state index >= 15 is 0 Å². The number of carbonyl (C=O) groups is 2. The van der Waals surface area contributed by atoms with Gasteiger partial charge >= 0.3 is 0 Å². The summed E-state index contributed by atoms with van der Waals surface area (Å²) in [7, 11) is 0. The fourth-order valence-electron chi connectivity index (χ4n) is 3.30. The van der Waals surface area contributed by atoms with E-state index in [-0.39, 0.29) is 24.8 Å². The molecular weight excluding hydrogens is 370 g/mol. The summed E-state index contributed by atoms with van der Waals surface area (Å²) in [5.74, 6) is 1.14. The highest BCUT2D eigenvalue weighted by atomic mass is 16.5. The monoisotopic (exact) mass is 391 g/mol. The zero-order valence-corrected chi connectivity index (χ0v) is 15.9. The first kappa shape index (κ1) is 18.7. The highest BCUT2D eigenvalue weighted by Crippen LogP contribution is 2.31. The Kier molecular flexibility index (Phi) is 5.56. The van der Waals surface area contributed by atoms with Gasteiger partial charge in [-0.1, -0.05) is 18.2 Å². The maximum atomic E-state index is 13.0. The number of fused-ring (bicyclic) bond motifs is 1. The van der Waals surface area contributed by atoms with Crippen molar-refractivity contribution >= 4 is 17.5 Å². The van der Waals surface area contributed by atoms with Crippen LogP contribution in [0.1, 0.15) is 17.7 Å². The minimum Gasteiger partial charge on any atom is -0.482 e. The zero-order chi connectivity index (χ0) is 20.1. The largest absolute Gasteiger partial charge is 0.482 e. The summed E-state index contributed by atoms with van der Waals surface area (Å²) >= 11 is 0. The lowest BCUT2D eigenvalue weighted by atomic mass is 10.2. The van der Waals surface area contributed by atoms with Crippen LogP contribution in [0.4, 0.5) is 5.69 Å². The zero-order valence-electron chi connectivity index (χ0n) is 15.9. The maximum absolute atomic E-state index is 13.0. The van der Waals surface area contributed by atoms with Gasteiger partial charge in [-0.25, -0.2) is 0 Å². The van der Waals surface area contributed by atoms with E-state index in [0.717, 1.165) is 5.56 Å². The van der Waals surface area contributed by atoms with E-state index in [9.17, 15) is 9.59 Å². The second kappa shape index (κ2) is 8.60. The van der Waals surface area contributed by atoms with Gasteiger partial charge in [-0.3, -0.25) is 14.6 Å². The molecule has 4 rings (SSSR count). The van der Waals surface area contributed by atoms with Gasteiger partial charge in [-0.15, -0.1) is 0 Å². The Morgan fingerprint density at radius 3 is 2.79 bits per heavy atom. The summed E-state index contributed by atoms with van der Waals surface area (Å²) in [6.07, 6.45) is 5.22. The van der Waals surface area contributed by atoms with Crippen LogP contribution >= 0.6 is 0 Å². The predicted octanol–water partition coefficient (Wildman–Crippen LogP) is 3.02. The van der Waals surface area contributed by atoms with Crippen molar-refractivity contribution in [1.29, 1.82) is 0 Å². The first-order valence-corrected chi connectivity index (χ1v) is 9.42. The van der Waals surface area contributed by atoms with Crippen molar-refractivity contribution in [1.82, 2.24) is 9.88 Å². The molecule has 0 N–H and O–H groups in total. The predicted molar refractivity (Wildman–Crippen MR) is 106 cm³/mol. The number of ether oxygens (including phenoxy) is 1. The molecule has 1 aliphatic rings. The van der Waals surface area contributed by atoms with E-state index in [1.807, 2.05) is 42.5 Å². The highest BCUT2D eigenvalue weighted by Gasteiger charge is 2.26. The molecule has 2 amide bonds. The molecule has 0 radical (unpaired) electrons. The van der Waals surface area contributed by atoms with Gasteiger partial charge in [0.1, 0.15) is 11.5 Å². The third-order valence-corrected chi connectivity index (χ3v) is 4.73. The second-order valence-electron chi connectivity index (χ2n) is 6.74. The number of nitrogens with zero attached hydrogens (tertiary/aromatic N) is 3. The number of anilines is 1. The topological polar surface area (TPSA) is 75.9 Å². The minimum absolute atomic E-state index is 0.0169. The molecule has 0 unspecified atom stereocenters. The number of amides is 2. The fourth-order valence-corrected chi connectivity index (χ4v) is 3.30. The average Bonchev–Trinajstić information content (AvgIpc) is 3.26. The number of para-hydroxylation sites is 2. The van der Waals surface area contributed by atoms with Crippen LogP contribution in [-0.2, 0) is 22.7 Å². The summed E-state index contributed by atoms with van der Waals surface area (Å²) < 4.78 is 10.9. The lowest BCUT2D eigenvalue weighted by molar-refractivity contribution is -0.132. The number of aromatic nitrogens is 1. The first-order valence-electron chi connectivity index (χ1n) is 9.42. The molecule has 7 nitrogen and oxygen atoms in total. The first-order chi connectivity index (χ1) is 14.2. The Morgan fingerprint density at radius 2 is 2.00 bits per heavy atom. The molecule has 0 spiro atoms. The van der Waals surface area contributed by atoms with Crippen LogP contribution in [0.15, 0.2) is 71.6 Å². The van der Waals surface area contributed by atoms with Crippen LogP contribution in [0, 0.1) is 0 Å². The van der Waals surface area contributed by atoms with Gasteiger partial charge in [0.2, 0.25) is 5.91 Å². The van der Waals surface area contributed by atoms with Crippen LogP contribution in [0.25, 0.3) is 0 Å². The lowest BCUT2D eigenvalue weighted by Crippen LogP contribution is -2.41. The molecule has 1 aromatic carbocycles. The summed E-state index contributed by atoms with van der Waals surface area (Å²) in [5, 5.41) is 0. The molecule has 3 heterocycles. The molecular formula is C22H21N3O4. The number of furan rings is 1. The van der Waals surface area contributed by atoms with Gasteiger partial charge in [0.05, 0.1) is 18.5 Å². The summed E-state index contributed by atoms with van der Waals surface area (Å²) in [6, 6.07) is 14.8. The lowest BCUT2D eigenvalue weighted by Gasteiger charge is -2.30. The Balaban J connectivity index is 1.47. The van der Waals surface area contributed by atoms with Gasteiger partial charge < -0.3 is 19.0 Å². The quantitative estimate of drug-likeness (QED) is 0.619. The van der Waals surface area contributed by atoms with Crippen molar-refractivity contribution in [2.24, 2.45) is 0 Å². The Bertz CT molecular complexity index is 973. The molecule has 3 aromatic rings. The van der Waals surface area contributed by atoms with E-state index in [1.165, 1.54) is 0 Å². The summed E-state index contributed by atoms with van der Waals surface area (Å²) in [4.78, 5) is 32.8. The SMILES string of the molecule is O=C(CCN1C(=O)COc2ccccc21)N(Cc1cccnc1)Cc1ccco1.